The van der Waals surface area contributed by atoms with E-state index >= 15 is 0 Å². The summed E-state index contributed by atoms with van der Waals surface area (Å²) in [7, 11) is 0. The Kier molecular flexibility index (Phi) is 5.46. The van der Waals surface area contributed by atoms with E-state index in [0.29, 0.717) is 24.2 Å². The Morgan fingerprint density at radius 3 is 2.58 bits per heavy atom. The second-order valence-corrected chi connectivity index (χ2v) is 5.59. The first-order chi connectivity index (χ1) is 8.91. The van der Waals surface area contributed by atoms with Crippen LogP contribution in [-0.2, 0) is 6.54 Å². The van der Waals surface area contributed by atoms with Gasteiger partial charge in [0.2, 0.25) is 0 Å². The molecule has 0 radical (unpaired) electrons. The summed E-state index contributed by atoms with van der Waals surface area (Å²) in [5.41, 5.74) is 6.72. The van der Waals surface area contributed by atoms with Crippen molar-refractivity contribution < 1.29 is 4.39 Å². The Morgan fingerprint density at radius 2 is 2.11 bits per heavy atom. The van der Waals surface area contributed by atoms with Gasteiger partial charge in [-0.05, 0) is 30.6 Å². The molecule has 0 fully saturated rings. The first kappa shape index (κ1) is 15.6. The molecule has 0 aliphatic carbocycles. The number of nitrogens with zero attached hydrogens (tertiary/aromatic N) is 2. The lowest BCUT2D eigenvalue weighted by Gasteiger charge is -2.31. The molecule has 19 heavy (non-hydrogen) atoms. The highest BCUT2D eigenvalue weighted by Crippen LogP contribution is 2.18. The molecule has 1 rings (SSSR count). The van der Waals surface area contributed by atoms with Gasteiger partial charge in [0.1, 0.15) is 5.82 Å². The molecular formula is C15H22FN3. The van der Waals surface area contributed by atoms with E-state index in [9.17, 15) is 4.39 Å². The third-order valence-electron chi connectivity index (χ3n) is 3.23. The standard InChI is InChI=1S/C15H22FN3/c1-4-19(11-15(2,3)10-18)9-13-6-5-12(8-17)7-14(13)16/h5-7H,4,9-11,18H2,1-3H3. The summed E-state index contributed by atoms with van der Waals surface area (Å²) < 4.78 is 13.8. The number of hydrogen-bond donors (Lipinski definition) is 1. The maximum Gasteiger partial charge on any atom is 0.129 e. The quantitative estimate of drug-likeness (QED) is 0.858. The molecule has 2 N–H and O–H groups in total. The Morgan fingerprint density at radius 1 is 1.42 bits per heavy atom. The van der Waals surface area contributed by atoms with Crippen LogP contribution in [0.25, 0.3) is 0 Å². The average Bonchev–Trinajstić information content (AvgIpc) is 2.39. The second-order valence-electron chi connectivity index (χ2n) is 5.59. The van der Waals surface area contributed by atoms with Crippen LogP contribution in [0, 0.1) is 22.6 Å². The van der Waals surface area contributed by atoms with Crippen LogP contribution < -0.4 is 5.73 Å². The zero-order chi connectivity index (χ0) is 14.5. The number of benzene rings is 1. The topological polar surface area (TPSA) is 53.0 Å². The van der Waals surface area contributed by atoms with E-state index in [-0.39, 0.29) is 11.2 Å². The summed E-state index contributed by atoms with van der Waals surface area (Å²) in [5, 5.41) is 8.72. The fourth-order valence-electron chi connectivity index (χ4n) is 1.94. The van der Waals surface area contributed by atoms with Crippen LogP contribution in [0.1, 0.15) is 31.9 Å². The predicted molar refractivity (Wildman–Crippen MR) is 74.9 cm³/mol. The molecule has 4 heteroatoms. The molecule has 1 aromatic carbocycles. The maximum atomic E-state index is 13.8. The Bertz CT molecular complexity index is 463. The second kappa shape index (κ2) is 6.65. The zero-order valence-corrected chi connectivity index (χ0v) is 11.9. The highest BCUT2D eigenvalue weighted by molar-refractivity contribution is 5.32. The number of halogens is 1. The van der Waals surface area contributed by atoms with E-state index in [1.807, 2.05) is 13.0 Å². The van der Waals surface area contributed by atoms with Crippen molar-refractivity contribution in [3.63, 3.8) is 0 Å². The molecule has 1 aromatic rings. The molecule has 0 aromatic heterocycles. The molecule has 0 heterocycles. The van der Waals surface area contributed by atoms with Gasteiger partial charge in [0.15, 0.2) is 0 Å². The molecular weight excluding hydrogens is 241 g/mol. The van der Waals surface area contributed by atoms with Gasteiger partial charge in [0.05, 0.1) is 11.6 Å². The van der Waals surface area contributed by atoms with Crippen molar-refractivity contribution in [1.82, 2.24) is 4.90 Å². The first-order valence-corrected chi connectivity index (χ1v) is 6.53. The van der Waals surface area contributed by atoms with Crippen molar-refractivity contribution in [3.8, 4) is 6.07 Å². The SMILES string of the molecule is CCN(Cc1ccc(C#N)cc1F)CC(C)(C)CN. The van der Waals surface area contributed by atoms with Crippen molar-refractivity contribution in [2.45, 2.75) is 27.3 Å². The highest BCUT2D eigenvalue weighted by Gasteiger charge is 2.20. The van der Waals surface area contributed by atoms with Gasteiger partial charge in [-0.15, -0.1) is 0 Å². The van der Waals surface area contributed by atoms with Crippen LogP contribution in [-0.4, -0.2) is 24.5 Å². The lowest BCUT2D eigenvalue weighted by Crippen LogP contribution is -2.38. The van der Waals surface area contributed by atoms with Crippen molar-refractivity contribution in [1.29, 1.82) is 5.26 Å². The monoisotopic (exact) mass is 263 g/mol. The van der Waals surface area contributed by atoms with E-state index < -0.39 is 0 Å². The molecule has 104 valence electrons. The number of rotatable bonds is 6. The number of nitriles is 1. The van der Waals surface area contributed by atoms with Crippen LogP contribution in [0.3, 0.4) is 0 Å². The van der Waals surface area contributed by atoms with Crippen LogP contribution >= 0.6 is 0 Å². The third-order valence-corrected chi connectivity index (χ3v) is 3.23. The van der Waals surface area contributed by atoms with Crippen LogP contribution in [0.4, 0.5) is 4.39 Å². The van der Waals surface area contributed by atoms with E-state index in [0.717, 1.165) is 13.1 Å². The summed E-state index contributed by atoms with van der Waals surface area (Å²) in [6.45, 7) is 9.04. The summed E-state index contributed by atoms with van der Waals surface area (Å²) >= 11 is 0. The minimum atomic E-state index is -0.317. The van der Waals surface area contributed by atoms with E-state index in [2.05, 4.69) is 18.7 Å². The molecule has 0 spiro atoms. The Labute approximate surface area is 114 Å². The van der Waals surface area contributed by atoms with Crippen LogP contribution in [0.15, 0.2) is 18.2 Å². The van der Waals surface area contributed by atoms with Gasteiger partial charge < -0.3 is 5.73 Å². The molecule has 0 aliphatic rings. The average molecular weight is 263 g/mol. The molecule has 0 atom stereocenters. The fraction of sp³-hybridized carbons (Fsp3) is 0.533. The summed E-state index contributed by atoms with van der Waals surface area (Å²) in [5.74, 6) is -0.317. The fourth-order valence-corrected chi connectivity index (χ4v) is 1.94. The molecule has 0 bridgehead atoms. The summed E-state index contributed by atoms with van der Waals surface area (Å²) in [4.78, 5) is 2.16. The van der Waals surface area contributed by atoms with Gasteiger partial charge in [0.25, 0.3) is 0 Å². The zero-order valence-electron chi connectivity index (χ0n) is 11.9. The van der Waals surface area contributed by atoms with Crippen LogP contribution in [0.5, 0.6) is 0 Å². The first-order valence-electron chi connectivity index (χ1n) is 6.53. The van der Waals surface area contributed by atoms with E-state index in [1.165, 1.54) is 6.07 Å². The van der Waals surface area contributed by atoms with Gasteiger partial charge in [0, 0.05) is 18.7 Å². The molecule has 0 saturated carbocycles. The molecule has 0 amide bonds. The normalized spacial score (nSPS) is 11.6. The van der Waals surface area contributed by atoms with Gasteiger partial charge in [-0.3, -0.25) is 4.90 Å². The number of hydrogen-bond acceptors (Lipinski definition) is 3. The minimum Gasteiger partial charge on any atom is -0.330 e. The lowest BCUT2D eigenvalue weighted by molar-refractivity contribution is 0.182. The summed E-state index contributed by atoms with van der Waals surface area (Å²) in [6.07, 6.45) is 0. The van der Waals surface area contributed by atoms with Crippen molar-refractivity contribution in [2.24, 2.45) is 11.1 Å². The molecule has 0 unspecified atom stereocenters. The van der Waals surface area contributed by atoms with Crippen molar-refractivity contribution >= 4 is 0 Å². The Balaban J connectivity index is 2.79. The largest absolute Gasteiger partial charge is 0.330 e. The maximum absolute atomic E-state index is 13.8. The van der Waals surface area contributed by atoms with Gasteiger partial charge in [-0.25, -0.2) is 4.39 Å². The summed E-state index contributed by atoms with van der Waals surface area (Å²) in [6, 6.07) is 6.57. The van der Waals surface area contributed by atoms with Gasteiger partial charge >= 0.3 is 0 Å². The minimum absolute atomic E-state index is 0.0130. The highest BCUT2D eigenvalue weighted by atomic mass is 19.1. The van der Waals surface area contributed by atoms with Crippen molar-refractivity contribution in [3.05, 3.63) is 35.1 Å². The third kappa shape index (κ3) is 4.62. The van der Waals surface area contributed by atoms with Crippen molar-refractivity contribution in [2.75, 3.05) is 19.6 Å². The molecule has 0 aliphatic heterocycles. The molecule has 0 saturated heterocycles. The predicted octanol–water partition coefficient (Wildman–Crippen LogP) is 2.50. The molecule has 3 nitrogen and oxygen atoms in total. The smallest absolute Gasteiger partial charge is 0.129 e. The lowest BCUT2D eigenvalue weighted by atomic mass is 9.93. The van der Waals surface area contributed by atoms with Crippen LogP contribution in [0.2, 0.25) is 0 Å². The van der Waals surface area contributed by atoms with Gasteiger partial charge in [-0.2, -0.15) is 5.26 Å². The van der Waals surface area contributed by atoms with Gasteiger partial charge in [-0.1, -0.05) is 26.8 Å². The van der Waals surface area contributed by atoms with E-state index in [1.54, 1.807) is 12.1 Å². The number of nitrogens with two attached hydrogens (primary N) is 1. The van der Waals surface area contributed by atoms with E-state index in [4.69, 9.17) is 11.0 Å². The Hall–Kier alpha value is -1.44.